The van der Waals surface area contributed by atoms with E-state index in [0.29, 0.717) is 10.9 Å². The van der Waals surface area contributed by atoms with Crippen molar-refractivity contribution in [3.05, 3.63) is 75.6 Å². The minimum atomic E-state index is -0.449. The van der Waals surface area contributed by atoms with Crippen LogP contribution in [0, 0.1) is 0 Å². The third kappa shape index (κ3) is 4.80. The number of carbonyl (C=O) groups excluding carboxylic acids is 1. The molecule has 1 amide bonds. The fourth-order valence-electron chi connectivity index (χ4n) is 3.00. The summed E-state index contributed by atoms with van der Waals surface area (Å²) >= 11 is 18.8. The molecule has 0 aliphatic carbocycles. The van der Waals surface area contributed by atoms with E-state index in [1.807, 2.05) is 23.6 Å². The summed E-state index contributed by atoms with van der Waals surface area (Å²) in [5.41, 5.74) is 2.08. The van der Waals surface area contributed by atoms with Gasteiger partial charge in [-0.25, -0.2) is 4.98 Å². The molecule has 0 radical (unpaired) electrons. The molecule has 0 aliphatic rings. The van der Waals surface area contributed by atoms with E-state index >= 15 is 0 Å². The van der Waals surface area contributed by atoms with Gasteiger partial charge in [0.05, 0.1) is 22.8 Å². The van der Waals surface area contributed by atoms with E-state index in [1.165, 1.54) is 36.0 Å². The Morgan fingerprint density at radius 3 is 2.48 bits per heavy atom. The maximum Gasteiger partial charge on any atom is 0.257 e. The Balaban J connectivity index is 1.44. The van der Waals surface area contributed by atoms with Gasteiger partial charge in [-0.2, -0.15) is 0 Å². The number of rotatable bonds is 4. The molecule has 5 nitrogen and oxygen atoms in total. The highest BCUT2D eigenvalue weighted by atomic mass is 35.5. The quantitative estimate of drug-likeness (QED) is 0.325. The number of hydrogen-bond donors (Lipinski definition) is 2. The molecule has 4 rings (SSSR count). The van der Waals surface area contributed by atoms with E-state index in [4.69, 9.17) is 40.2 Å². The minimum absolute atomic E-state index is 0.118. The SMILES string of the molecule is COc1c(Cl)cc(C(=O)NC(=S)Nc2nc(-c3ccc4ccccc4c3)cs2)cc1Cl. The maximum atomic E-state index is 12.5. The molecule has 9 heteroatoms. The first-order valence-corrected chi connectivity index (χ1v) is 11.1. The molecule has 0 saturated heterocycles. The van der Waals surface area contributed by atoms with Crippen LogP contribution in [0.15, 0.2) is 60.0 Å². The first-order valence-electron chi connectivity index (χ1n) is 9.04. The number of methoxy groups -OCH3 is 1. The Bertz CT molecular complexity index is 1280. The predicted octanol–water partition coefficient (Wildman–Crippen LogP) is 6.41. The monoisotopic (exact) mass is 487 g/mol. The highest BCUT2D eigenvalue weighted by Crippen LogP contribution is 2.34. The van der Waals surface area contributed by atoms with Crippen LogP contribution in [0.5, 0.6) is 5.75 Å². The van der Waals surface area contributed by atoms with Gasteiger partial charge < -0.3 is 10.1 Å². The number of thiocarbonyl (C=S) groups is 1. The number of benzene rings is 3. The molecule has 0 saturated carbocycles. The number of thiazole rings is 1. The molecule has 0 atom stereocenters. The third-order valence-corrected chi connectivity index (χ3v) is 5.98. The van der Waals surface area contributed by atoms with Gasteiger partial charge in [0, 0.05) is 16.5 Å². The van der Waals surface area contributed by atoms with Crippen LogP contribution in [0.1, 0.15) is 10.4 Å². The summed E-state index contributed by atoms with van der Waals surface area (Å²) in [5.74, 6) is -0.139. The molecule has 1 heterocycles. The molecule has 0 bridgehead atoms. The smallest absolute Gasteiger partial charge is 0.257 e. The summed E-state index contributed by atoms with van der Waals surface area (Å²) < 4.78 is 5.09. The second-order valence-corrected chi connectivity index (χ2v) is 8.56. The number of fused-ring (bicyclic) bond motifs is 1. The molecule has 2 N–H and O–H groups in total. The maximum absolute atomic E-state index is 12.5. The Hall–Kier alpha value is -2.71. The van der Waals surface area contributed by atoms with Gasteiger partial charge in [-0.1, -0.05) is 59.6 Å². The van der Waals surface area contributed by atoms with Gasteiger partial charge in [0.25, 0.3) is 5.91 Å². The molecule has 0 spiro atoms. The van der Waals surface area contributed by atoms with E-state index in [1.54, 1.807) is 0 Å². The van der Waals surface area contributed by atoms with Crippen LogP contribution in [0.3, 0.4) is 0 Å². The zero-order valence-corrected chi connectivity index (χ0v) is 19.3. The average molecular weight is 488 g/mol. The number of nitrogens with zero attached hydrogens (tertiary/aromatic N) is 1. The summed E-state index contributed by atoms with van der Waals surface area (Å²) in [5, 5.41) is 10.9. The summed E-state index contributed by atoms with van der Waals surface area (Å²) in [6.07, 6.45) is 0. The fourth-order valence-corrected chi connectivity index (χ4v) is 4.62. The fraction of sp³-hybridized carbons (Fsp3) is 0.0455. The Labute approximate surface area is 198 Å². The molecular formula is C22H15Cl2N3O2S2. The molecule has 1 aromatic heterocycles. The minimum Gasteiger partial charge on any atom is -0.494 e. The van der Waals surface area contributed by atoms with Crippen molar-refractivity contribution in [3.63, 3.8) is 0 Å². The average Bonchev–Trinajstić information content (AvgIpc) is 3.21. The number of nitrogens with one attached hydrogen (secondary N) is 2. The van der Waals surface area contributed by atoms with E-state index in [0.717, 1.165) is 16.6 Å². The zero-order chi connectivity index (χ0) is 22.0. The van der Waals surface area contributed by atoms with Crippen molar-refractivity contribution >= 4 is 73.7 Å². The number of hydrogen-bond acceptors (Lipinski definition) is 5. The lowest BCUT2D eigenvalue weighted by molar-refractivity contribution is 0.0977. The van der Waals surface area contributed by atoms with Crippen LogP contribution in [0.25, 0.3) is 22.0 Å². The van der Waals surface area contributed by atoms with Crippen LogP contribution in [0.4, 0.5) is 5.13 Å². The lowest BCUT2D eigenvalue weighted by Gasteiger charge is -2.10. The number of ether oxygens (including phenoxy) is 1. The van der Waals surface area contributed by atoms with Crippen molar-refractivity contribution in [3.8, 4) is 17.0 Å². The molecule has 31 heavy (non-hydrogen) atoms. The Kier molecular flexibility index (Phi) is 6.38. The van der Waals surface area contributed by atoms with Gasteiger partial charge in [-0.05, 0) is 41.2 Å². The number of amides is 1. The Morgan fingerprint density at radius 2 is 1.77 bits per heavy atom. The topological polar surface area (TPSA) is 63.2 Å². The van der Waals surface area contributed by atoms with Crippen molar-refractivity contribution in [2.75, 3.05) is 12.4 Å². The van der Waals surface area contributed by atoms with Crippen molar-refractivity contribution in [1.82, 2.24) is 10.3 Å². The number of aromatic nitrogens is 1. The molecule has 0 aliphatic heterocycles. The Morgan fingerprint density at radius 1 is 1.06 bits per heavy atom. The zero-order valence-electron chi connectivity index (χ0n) is 16.1. The molecular weight excluding hydrogens is 473 g/mol. The second kappa shape index (κ2) is 9.20. The van der Waals surface area contributed by atoms with Crippen LogP contribution >= 0.6 is 46.8 Å². The highest BCUT2D eigenvalue weighted by Gasteiger charge is 2.15. The van der Waals surface area contributed by atoms with E-state index in [9.17, 15) is 4.79 Å². The number of anilines is 1. The largest absolute Gasteiger partial charge is 0.494 e. The highest BCUT2D eigenvalue weighted by molar-refractivity contribution is 7.80. The van der Waals surface area contributed by atoms with Crippen LogP contribution in [-0.2, 0) is 0 Å². The molecule has 3 aromatic carbocycles. The van der Waals surface area contributed by atoms with E-state index in [2.05, 4.69) is 39.9 Å². The standard InChI is InChI=1S/C22H15Cl2N3O2S2/c1-29-19-16(23)9-15(10-17(19)24)20(28)26-21(30)27-22-25-18(11-31-22)14-7-6-12-4-2-3-5-13(12)8-14/h2-11H,1H3,(H2,25,26,27,28,30). The van der Waals surface area contributed by atoms with Crippen molar-refractivity contribution < 1.29 is 9.53 Å². The lowest BCUT2D eigenvalue weighted by atomic mass is 10.1. The van der Waals surface area contributed by atoms with Gasteiger partial charge in [0.15, 0.2) is 16.0 Å². The van der Waals surface area contributed by atoms with Crippen molar-refractivity contribution in [1.29, 1.82) is 0 Å². The van der Waals surface area contributed by atoms with Gasteiger partial charge in [0.1, 0.15) is 0 Å². The first kappa shape index (κ1) is 21.5. The van der Waals surface area contributed by atoms with Gasteiger partial charge in [0.2, 0.25) is 0 Å². The molecule has 0 unspecified atom stereocenters. The summed E-state index contributed by atoms with van der Waals surface area (Å²) in [4.78, 5) is 17.1. The van der Waals surface area contributed by atoms with Gasteiger partial charge >= 0.3 is 0 Å². The van der Waals surface area contributed by atoms with Crippen LogP contribution in [-0.4, -0.2) is 23.1 Å². The van der Waals surface area contributed by atoms with Crippen LogP contribution in [0.2, 0.25) is 10.0 Å². The summed E-state index contributed by atoms with van der Waals surface area (Å²) in [6.45, 7) is 0. The number of carbonyl (C=O) groups is 1. The van der Waals surface area contributed by atoms with E-state index in [-0.39, 0.29) is 20.7 Å². The summed E-state index contributed by atoms with van der Waals surface area (Å²) in [7, 11) is 1.45. The molecule has 4 aromatic rings. The second-order valence-electron chi connectivity index (χ2n) is 6.48. The molecule has 156 valence electrons. The van der Waals surface area contributed by atoms with Crippen molar-refractivity contribution in [2.24, 2.45) is 0 Å². The van der Waals surface area contributed by atoms with Gasteiger partial charge in [-0.3, -0.25) is 10.1 Å². The van der Waals surface area contributed by atoms with Gasteiger partial charge in [-0.15, -0.1) is 11.3 Å². The number of halogens is 2. The van der Waals surface area contributed by atoms with Crippen LogP contribution < -0.4 is 15.4 Å². The van der Waals surface area contributed by atoms with E-state index < -0.39 is 5.91 Å². The predicted molar refractivity (Wildman–Crippen MR) is 132 cm³/mol. The normalized spacial score (nSPS) is 10.7. The lowest BCUT2D eigenvalue weighted by Crippen LogP contribution is -2.34. The third-order valence-electron chi connectivity index (χ3n) is 4.46. The molecule has 0 fully saturated rings. The first-order chi connectivity index (χ1) is 14.9. The summed E-state index contributed by atoms with van der Waals surface area (Å²) in [6, 6.07) is 17.2. The van der Waals surface area contributed by atoms with Crippen molar-refractivity contribution in [2.45, 2.75) is 0 Å².